The van der Waals surface area contributed by atoms with E-state index in [1.807, 2.05) is 62.8 Å². The number of rotatable bonds is 16. The molecule has 2 rings (SSSR count). The molecule has 33 heavy (non-hydrogen) atoms. The first-order valence-corrected chi connectivity index (χ1v) is 14.9. The van der Waals surface area contributed by atoms with Crippen molar-refractivity contribution in [2.45, 2.75) is 53.5 Å². The van der Waals surface area contributed by atoms with E-state index in [1.54, 1.807) is 0 Å². The van der Waals surface area contributed by atoms with Crippen molar-refractivity contribution >= 4 is 26.1 Å². The van der Waals surface area contributed by atoms with Crippen molar-refractivity contribution in [1.29, 1.82) is 0 Å². The van der Waals surface area contributed by atoms with Crippen LogP contribution in [-0.4, -0.2) is 43.9 Å². The molecule has 0 aliphatic heterocycles. The van der Waals surface area contributed by atoms with Gasteiger partial charge in [-0.05, 0) is 46.6 Å². The van der Waals surface area contributed by atoms with Crippen LogP contribution < -0.4 is 21.7 Å². The van der Waals surface area contributed by atoms with Gasteiger partial charge < -0.3 is 35.1 Å². The average Bonchev–Trinajstić information content (AvgIpc) is 2.74. The van der Waals surface area contributed by atoms with Crippen LogP contribution in [0, 0.1) is 0 Å². The Balaban J connectivity index is 0.00000544. The van der Waals surface area contributed by atoms with E-state index in [2.05, 4.69) is 0 Å². The molecule has 0 unspecified atom stereocenters. The van der Waals surface area contributed by atoms with Crippen molar-refractivity contribution in [3.8, 4) is 0 Å². The third-order valence-electron chi connectivity index (χ3n) is 4.79. The number of fused-ring (bicyclic) bond motifs is 1. The number of nitrogens with zero attached hydrogens (tertiary/aromatic N) is 2. The summed E-state index contributed by atoms with van der Waals surface area (Å²) in [5.41, 5.74) is 2.01. The average molecular weight is 567 g/mol. The lowest BCUT2D eigenvalue weighted by Crippen LogP contribution is -3.00. The van der Waals surface area contributed by atoms with E-state index in [-0.39, 0.29) is 17.0 Å². The zero-order chi connectivity index (χ0) is 23.5. The fourth-order valence-electron chi connectivity index (χ4n) is 3.57. The maximum atomic E-state index is 12.8. The molecule has 0 N–H and O–H groups in total. The van der Waals surface area contributed by atoms with Gasteiger partial charge in [-0.15, -0.1) is 0 Å². The normalized spacial score (nSPS) is 12.1. The van der Waals surface area contributed by atoms with Crippen LogP contribution in [0.1, 0.15) is 46.1 Å². The van der Waals surface area contributed by atoms with Crippen molar-refractivity contribution in [3.05, 3.63) is 36.0 Å². The van der Waals surface area contributed by atoms with Crippen molar-refractivity contribution in [1.82, 2.24) is 5.10 Å². The highest BCUT2D eigenvalue weighted by atomic mass is 79.9. The van der Waals surface area contributed by atoms with Crippen LogP contribution in [0.2, 0.25) is 0 Å². The van der Waals surface area contributed by atoms with Crippen molar-refractivity contribution in [2.24, 2.45) is 0 Å². The summed E-state index contributed by atoms with van der Waals surface area (Å²) in [7, 11) is -6.13. The highest BCUT2D eigenvalue weighted by Gasteiger charge is 2.25. The first-order chi connectivity index (χ1) is 15.4. The first-order valence-electron chi connectivity index (χ1n) is 11.4. The van der Waals surface area contributed by atoms with E-state index < -0.39 is 15.2 Å². The quantitative estimate of drug-likeness (QED) is 0.228. The molecule has 2 aromatic rings. The minimum Gasteiger partial charge on any atom is -1.00 e. The molecule has 0 bridgehead atoms. The number of hydrogen-bond acceptors (Lipinski definition) is 7. The summed E-state index contributed by atoms with van der Waals surface area (Å²) >= 11 is 0. The molecule has 0 amide bonds. The van der Waals surface area contributed by atoms with E-state index in [9.17, 15) is 9.13 Å². The van der Waals surface area contributed by atoms with Gasteiger partial charge in [0.05, 0.1) is 38.8 Å². The van der Waals surface area contributed by atoms with Crippen LogP contribution in [0.3, 0.4) is 0 Å². The van der Waals surface area contributed by atoms with Gasteiger partial charge in [0.15, 0.2) is 12.7 Å². The molecule has 11 heteroatoms. The SMILES string of the molecule is CCOP(=O)(CCCc1c[n+](CCCP(=O)(OCC)OCC)nc2ccccc12)OCC.[Br-]. The van der Waals surface area contributed by atoms with Gasteiger partial charge in [-0.3, -0.25) is 9.13 Å². The second kappa shape index (κ2) is 15.4. The third kappa shape index (κ3) is 9.85. The standard InChI is InChI=1S/C22H37N2O6P2.BrH/c1-5-27-31(25,28-6-2)17-11-13-20-19-24(23-22-15-10-9-14-21(20)22)16-12-18-32(26,29-7-3)30-8-4;/h9-10,14-15,19H,5-8,11-13,16-18H2,1-4H3;1H/q+1;/p-1. The van der Waals surface area contributed by atoms with E-state index in [1.165, 1.54) is 0 Å². The second-order valence-corrected chi connectivity index (χ2v) is 11.6. The van der Waals surface area contributed by atoms with Gasteiger partial charge in [0, 0.05) is 22.5 Å². The number of aromatic nitrogens is 2. The maximum absolute atomic E-state index is 12.8. The van der Waals surface area contributed by atoms with Crippen molar-refractivity contribution < 1.29 is 48.9 Å². The van der Waals surface area contributed by atoms with Crippen LogP contribution >= 0.6 is 15.2 Å². The molecule has 0 saturated heterocycles. The van der Waals surface area contributed by atoms with Crippen LogP contribution in [0.25, 0.3) is 10.9 Å². The molecule has 1 aromatic heterocycles. The number of benzene rings is 1. The Hall–Kier alpha value is -0.660. The topological polar surface area (TPSA) is 87.8 Å². The van der Waals surface area contributed by atoms with Gasteiger partial charge in [-0.2, -0.15) is 0 Å². The Morgan fingerprint density at radius 1 is 0.818 bits per heavy atom. The molecule has 0 aliphatic rings. The molecule has 188 valence electrons. The summed E-state index contributed by atoms with van der Waals surface area (Å²) < 4.78 is 48.9. The lowest BCUT2D eigenvalue weighted by atomic mass is 10.1. The summed E-state index contributed by atoms with van der Waals surface area (Å²) in [4.78, 5) is 0. The van der Waals surface area contributed by atoms with Gasteiger partial charge in [0.25, 0.3) is 0 Å². The van der Waals surface area contributed by atoms with Gasteiger partial charge in [0.1, 0.15) is 5.52 Å². The predicted molar refractivity (Wildman–Crippen MR) is 126 cm³/mol. The van der Waals surface area contributed by atoms with E-state index in [0.717, 1.165) is 22.9 Å². The van der Waals surface area contributed by atoms with Crippen LogP contribution in [0.15, 0.2) is 30.5 Å². The lowest BCUT2D eigenvalue weighted by Gasteiger charge is -2.16. The minimum absolute atomic E-state index is 0. The molecule has 0 spiro atoms. The summed E-state index contributed by atoms with van der Waals surface area (Å²) in [6, 6.07) is 7.97. The highest BCUT2D eigenvalue weighted by molar-refractivity contribution is 7.54. The number of halogens is 1. The largest absolute Gasteiger partial charge is 1.00 e. The number of hydrogen-bond donors (Lipinski definition) is 0. The Morgan fingerprint density at radius 3 is 1.88 bits per heavy atom. The zero-order valence-electron chi connectivity index (χ0n) is 20.1. The highest BCUT2D eigenvalue weighted by Crippen LogP contribution is 2.49. The fraction of sp³-hybridized carbons (Fsp3) is 0.636. The Kier molecular flexibility index (Phi) is 14.1. The number of aryl methyl sites for hydroxylation is 2. The van der Waals surface area contributed by atoms with E-state index >= 15 is 0 Å². The van der Waals surface area contributed by atoms with Crippen molar-refractivity contribution in [2.75, 3.05) is 38.8 Å². The summed E-state index contributed by atoms with van der Waals surface area (Å²) in [6.45, 7) is 9.30. The molecule has 0 fully saturated rings. The Bertz CT molecular complexity index is 926. The Labute approximate surface area is 208 Å². The van der Waals surface area contributed by atoms with Crippen LogP contribution in [0.4, 0.5) is 0 Å². The van der Waals surface area contributed by atoms with Gasteiger partial charge in [-0.25, -0.2) is 0 Å². The van der Waals surface area contributed by atoms with E-state index in [4.69, 9.17) is 23.2 Å². The molecule has 8 nitrogen and oxygen atoms in total. The lowest BCUT2D eigenvalue weighted by molar-refractivity contribution is -0.751. The van der Waals surface area contributed by atoms with Crippen LogP contribution in [-0.2, 0) is 40.2 Å². The molecular formula is C22H37BrN2O6P2. The predicted octanol–water partition coefficient (Wildman–Crippen LogP) is 2.38. The van der Waals surface area contributed by atoms with Crippen LogP contribution in [0.5, 0.6) is 0 Å². The van der Waals surface area contributed by atoms with E-state index in [0.29, 0.717) is 58.1 Å². The third-order valence-corrected chi connectivity index (χ3v) is 9.13. The molecule has 0 radical (unpaired) electrons. The zero-order valence-corrected chi connectivity index (χ0v) is 23.4. The fourth-order valence-corrected chi connectivity index (χ4v) is 6.89. The first kappa shape index (κ1) is 30.4. The molecule has 0 saturated carbocycles. The molecule has 0 atom stereocenters. The van der Waals surface area contributed by atoms with Gasteiger partial charge in [0.2, 0.25) is 0 Å². The monoisotopic (exact) mass is 566 g/mol. The maximum Gasteiger partial charge on any atom is 0.330 e. The molecule has 1 heterocycles. The molecule has 1 aromatic carbocycles. The van der Waals surface area contributed by atoms with Gasteiger partial charge >= 0.3 is 15.2 Å². The summed E-state index contributed by atoms with van der Waals surface area (Å²) in [6.07, 6.45) is 4.75. The van der Waals surface area contributed by atoms with Gasteiger partial charge in [-0.1, -0.05) is 22.9 Å². The molecule has 0 aliphatic carbocycles. The molecular weight excluding hydrogens is 530 g/mol. The summed E-state index contributed by atoms with van der Waals surface area (Å²) in [5, 5.41) is 5.77. The smallest absolute Gasteiger partial charge is 0.330 e. The Morgan fingerprint density at radius 2 is 1.33 bits per heavy atom. The minimum atomic E-state index is -3.07. The summed E-state index contributed by atoms with van der Waals surface area (Å²) in [5.74, 6) is 0. The second-order valence-electron chi connectivity index (χ2n) is 7.23. The van der Waals surface area contributed by atoms with Crippen molar-refractivity contribution in [3.63, 3.8) is 0 Å².